The molecule has 1 aliphatic rings. The minimum atomic E-state index is -1.05. The van der Waals surface area contributed by atoms with E-state index in [1.54, 1.807) is 10.9 Å². The molecule has 2 rings (SSSR count). The molecule has 0 bridgehead atoms. The van der Waals surface area contributed by atoms with Crippen LogP contribution in [0.25, 0.3) is 0 Å². The fraction of sp³-hybridized carbons (Fsp3) is 0.667. The lowest BCUT2D eigenvalue weighted by molar-refractivity contribution is 0.0673. The molecule has 6 heteroatoms. The van der Waals surface area contributed by atoms with Gasteiger partial charge in [0.1, 0.15) is 6.17 Å². The molecule has 1 amide bonds. The van der Waals surface area contributed by atoms with Crippen LogP contribution in [0.15, 0.2) is 12.4 Å². The highest BCUT2D eigenvalue weighted by molar-refractivity contribution is 5.94. The van der Waals surface area contributed by atoms with Crippen LogP contribution in [0.5, 0.6) is 0 Å². The first-order valence-corrected chi connectivity index (χ1v) is 6.13. The van der Waals surface area contributed by atoms with Gasteiger partial charge >= 0.3 is 0 Å². The smallest absolute Gasteiger partial charge is 0.257 e. The molecule has 2 atom stereocenters. The van der Waals surface area contributed by atoms with Crippen molar-refractivity contribution in [3.63, 3.8) is 0 Å². The van der Waals surface area contributed by atoms with E-state index in [1.165, 1.54) is 11.1 Å². The van der Waals surface area contributed by atoms with Gasteiger partial charge in [-0.25, -0.2) is 4.39 Å². The minimum absolute atomic E-state index is 0.0525. The summed E-state index contributed by atoms with van der Waals surface area (Å²) in [5.41, 5.74) is 0.441. The van der Waals surface area contributed by atoms with E-state index >= 15 is 0 Å². The lowest BCUT2D eigenvalue weighted by Gasteiger charge is -2.21. The Morgan fingerprint density at radius 2 is 2.39 bits per heavy atom. The lowest BCUT2D eigenvalue weighted by atomic mass is 10.2. The summed E-state index contributed by atoms with van der Waals surface area (Å²) in [6.07, 6.45) is 2.31. The maximum Gasteiger partial charge on any atom is 0.257 e. The van der Waals surface area contributed by atoms with E-state index in [2.05, 4.69) is 5.10 Å². The predicted octanol–water partition coefficient (Wildman–Crippen LogP) is 1.01. The summed E-state index contributed by atoms with van der Waals surface area (Å²) in [4.78, 5) is 13.6. The Morgan fingerprint density at radius 3 is 2.94 bits per heavy atom. The van der Waals surface area contributed by atoms with E-state index in [0.29, 0.717) is 5.56 Å². The fourth-order valence-corrected chi connectivity index (χ4v) is 2.18. The Kier molecular flexibility index (Phi) is 3.65. The number of carbonyl (C=O) groups excluding carboxylic acids is 1. The molecule has 0 aliphatic carbocycles. The lowest BCUT2D eigenvalue weighted by Crippen LogP contribution is -2.37. The highest BCUT2D eigenvalue weighted by atomic mass is 19.1. The van der Waals surface area contributed by atoms with Crippen LogP contribution in [-0.2, 0) is 0 Å². The Balaban J connectivity index is 2.15. The zero-order valence-electron chi connectivity index (χ0n) is 10.6. The van der Waals surface area contributed by atoms with Gasteiger partial charge in [-0.3, -0.25) is 9.48 Å². The van der Waals surface area contributed by atoms with Gasteiger partial charge in [0.2, 0.25) is 0 Å². The number of nitrogens with zero attached hydrogens (tertiary/aromatic N) is 3. The molecule has 5 nitrogen and oxygen atoms in total. The third kappa shape index (κ3) is 2.38. The topological polar surface area (TPSA) is 58.4 Å². The molecule has 18 heavy (non-hydrogen) atoms. The van der Waals surface area contributed by atoms with Gasteiger partial charge in [0.05, 0.1) is 31.0 Å². The normalized spacial score (nSPS) is 23.9. The van der Waals surface area contributed by atoms with Crippen molar-refractivity contribution in [3.8, 4) is 0 Å². The monoisotopic (exact) mass is 255 g/mol. The highest BCUT2D eigenvalue weighted by Crippen LogP contribution is 2.22. The quantitative estimate of drug-likeness (QED) is 0.877. The molecule has 1 aromatic rings. The predicted molar refractivity (Wildman–Crippen MR) is 64.0 cm³/mol. The third-order valence-electron chi connectivity index (χ3n) is 3.21. The number of aliphatic hydroxyl groups is 1. The summed E-state index contributed by atoms with van der Waals surface area (Å²) in [5.74, 6) is -0.263. The molecular weight excluding hydrogens is 237 g/mol. The Labute approximate surface area is 105 Å². The van der Waals surface area contributed by atoms with Crippen LogP contribution in [0.2, 0.25) is 0 Å². The fourth-order valence-electron chi connectivity index (χ4n) is 2.18. The third-order valence-corrected chi connectivity index (χ3v) is 3.21. The number of aromatic nitrogens is 2. The first-order chi connectivity index (χ1) is 8.52. The summed E-state index contributed by atoms with van der Waals surface area (Å²) < 4.78 is 15.0. The highest BCUT2D eigenvalue weighted by Gasteiger charge is 2.35. The summed E-state index contributed by atoms with van der Waals surface area (Å²) in [6, 6.07) is -0.248. The van der Waals surface area contributed by atoms with Gasteiger partial charge in [0.25, 0.3) is 5.91 Å². The van der Waals surface area contributed by atoms with Crippen LogP contribution in [-0.4, -0.2) is 51.1 Å². The van der Waals surface area contributed by atoms with Gasteiger partial charge in [-0.2, -0.15) is 5.10 Å². The van der Waals surface area contributed by atoms with Crippen molar-refractivity contribution in [1.29, 1.82) is 0 Å². The Hall–Kier alpha value is -1.43. The van der Waals surface area contributed by atoms with Gasteiger partial charge < -0.3 is 10.0 Å². The van der Waals surface area contributed by atoms with E-state index in [1.807, 2.05) is 13.8 Å². The van der Waals surface area contributed by atoms with E-state index < -0.39 is 12.2 Å². The summed E-state index contributed by atoms with van der Waals surface area (Å²) in [6.45, 7) is 3.78. The number of aliphatic hydroxyl groups excluding tert-OH is 1. The van der Waals surface area contributed by atoms with Crippen LogP contribution in [0.1, 0.15) is 36.7 Å². The number of hydrogen-bond donors (Lipinski definition) is 1. The van der Waals surface area contributed by atoms with Gasteiger partial charge in [-0.1, -0.05) is 0 Å². The average Bonchev–Trinajstić information content (AvgIpc) is 2.94. The van der Waals surface area contributed by atoms with Crippen molar-refractivity contribution in [1.82, 2.24) is 14.7 Å². The first kappa shape index (κ1) is 13.0. The van der Waals surface area contributed by atoms with Gasteiger partial charge in [-0.05, 0) is 13.8 Å². The molecule has 0 radical (unpaired) electrons. The number of amides is 1. The second kappa shape index (κ2) is 5.06. The van der Waals surface area contributed by atoms with Gasteiger partial charge in [-0.15, -0.1) is 0 Å². The maximum absolute atomic E-state index is 13.3. The van der Waals surface area contributed by atoms with Crippen molar-refractivity contribution in [2.75, 3.05) is 13.2 Å². The molecule has 100 valence electrons. The van der Waals surface area contributed by atoms with Crippen LogP contribution in [0, 0.1) is 0 Å². The SMILES string of the molecule is CC(C)n1cc(C(=O)N2C[C@@H](F)C[C@H]2CO)cn1. The van der Waals surface area contributed by atoms with E-state index in [9.17, 15) is 9.18 Å². The van der Waals surface area contributed by atoms with Crippen molar-refractivity contribution in [3.05, 3.63) is 18.0 Å². The standard InChI is InChI=1S/C12H18FN3O2/c1-8(2)16-5-9(4-14-16)12(18)15-6-10(13)3-11(15)7-17/h4-5,8,10-11,17H,3,6-7H2,1-2H3/t10-,11-/m0/s1. The van der Waals surface area contributed by atoms with Gasteiger partial charge in [0.15, 0.2) is 0 Å². The van der Waals surface area contributed by atoms with Crippen LogP contribution < -0.4 is 0 Å². The second-order valence-corrected chi connectivity index (χ2v) is 4.93. The molecule has 0 saturated carbocycles. The van der Waals surface area contributed by atoms with Crippen LogP contribution in [0.3, 0.4) is 0 Å². The Bertz CT molecular complexity index is 433. The van der Waals surface area contributed by atoms with Crippen molar-refractivity contribution in [2.24, 2.45) is 0 Å². The number of rotatable bonds is 3. The van der Waals surface area contributed by atoms with E-state index in [4.69, 9.17) is 5.11 Å². The van der Waals surface area contributed by atoms with Gasteiger partial charge in [0, 0.05) is 18.7 Å². The Morgan fingerprint density at radius 1 is 1.67 bits per heavy atom. The number of carbonyl (C=O) groups is 1. The summed E-state index contributed by atoms with van der Waals surface area (Å²) in [5, 5.41) is 13.3. The largest absolute Gasteiger partial charge is 0.394 e. The summed E-state index contributed by atoms with van der Waals surface area (Å²) >= 11 is 0. The van der Waals surface area contributed by atoms with Crippen LogP contribution in [0.4, 0.5) is 4.39 Å². The number of halogens is 1. The molecule has 0 aromatic carbocycles. The molecule has 0 spiro atoms. The van der Waals surface area contributed by atoms with E-state index in [-0.39, 0.29) is 31.5 Å². The molecule has 1 fully saturated rings. The van der Waals surface area contributed by atoms with Crippen molar-refractivity contribution >= 4 is 5.91 Å². The van der Waals surface area contributed by atoms with E-state index in [0.717, 1.165) is 0 Å². The number of hydrogen-bond acceptors (Lipinski definition) is 3. The summed E-state index contributed by atoms with van der Waals surface area (Å²) in [7, 11) is 0. The molecule has 1 N–H and O–H groups in total. The molecule has 1 aliphatic heterocycles. The zero-order chi connectivity index (χ0) is 13.3. The molecular formula is C12H18FN3O2. The minimum Gasteiger partial charge on any atom is -0.394 e. The maximum atomic E-state index is 13.3. The number of likely N-dealkylation sites (tertiary alicyclic amines) is 1. The van der Waals surface area contributed by atoms with Crippen molar-refractivity contribution in [2.45, 2.75) is 38.5 Å². The first-order valence-electron chi connectivity index (χ1n) is 6.13. The molecule has 2 heterocycles. The number of alkyl halides is 1. The molecule has 0 unspecified atom stereocenters. The van der Waals surface area contributed by atoms with Crippen LogP contribution >= 0.6 is 0 Å². The van der Waals surface area contributed by atoms with Crippen molar-refractivity contribution < 1.29 is 14.3 Å². The average molecular weight is 255 g/mol. The molecule has 1 aromatic heterocycles. The second-order valence-electron chi connectivity index (χ2n) is 4.93. The molecule has 1 saturated heterocycles. The zero-order valence-corrected chi connectivity index (χ0v) is 10.6.